The number of rotatable bonds is 15. The Morgan fingerprint density at radius 2 is 0.867 bits per heavy atom. The van der Waals surface area contributed by atoms with Crippen molar-refractivity contribution in [2.24, 2.45) is 10.8 Å². The standard InChI is InChI=1S/C29H38O4S2.C22H32O3S.C7H7ClO2S.Al.BH.Cl3P.I3.HI.H2O.2H/c1-21-9-13-25(14-10-21)34(30,31)19-17-23(3)20-27(28-24(4)8-7-18-29(28,5)6)35(32,33)26-15-11-22(2)12-16-26;1-16-8-10-19(11-9-16)26(24,25)20(15-17(2)12-14-23)21-18(3)7-6-13-22(21,4)5;1-6-2-4-7(5-3-6)11(8,9)10;;;1-4(2)3;1-3-2;;;;/h9-17,27H,7-8,18-20H2,1-6H3;8-12,20,23H,6-7,13-15H2,1-5H3;2-5H,1H3;;1H;;;1H;1H2;;/q;;;;;;-1;;;;/i;;;;1T;;;;;;. The summed E-state index contributed by atoms with van der Waals surface area (Å²) in [4.78, 5) is 1.12. The maximum absolute atomic E-state index is 14.0. The van der Waals surface area contributed by atoms with Crippen LogP contribution in [-0.4, -0.2) is 94.2 Å². The van der Waals surface area contributed by atoms with E-state index in [0.29, 0.717) is 29.5 Å². The number of sulfone groups is 3. The SMILES string of the molecule is CC(=CCO)CC(C1=C(C)CCCC1(C)C)S(=O)(=O)c1ccc(C)cc1.CC(=CCS(=O)(=O)c1ccc(C)cc1)CC(C1=C(C)CCCC1(C)C)S(=O)(=O)c1ccc(C)cc1.Cc1ccc(S(=O)(=O)Cl)cc1.ClP(Cl)Cl.I.I[I-]I.O.[3H][B].[AlH2]. The Labute approximate surface area is 579 Å². The summed E-state index contributed by atoms with van der Waals surface area (Å²) in [6.45, 7) is 24.1. The van der Waals surface area contributed by atoms with Gasteiger partial charge in [0, 0.05) is 19.1 Å². The fraction of sp³-hybridized carbons (Fsp3) is 0.448. The first-order valence-electron chi connectivity index (χ1n) is 25.9. The van der Waals surface area contributed by atoms with Gasteiger partial charge in [-0.05, 0) is 179 Å². The molecule has 0 spiro atoms. The Kier molecular flexibility index (Phi) is 41.8. The second kappa shape index (κ2) is 40.5. The zero-order valence-electron chi connectivity index (χ0n) is 50.5. The van der Waals surface area contributed by atoms with Gasteiger partial charge in [-0.2, -0.15) is 0 Å². The minimum Gasteiger partial charge on any atom is -0.412 e. The molecular formula is C58H83AlBCl4I4O10PS4-. The van der Waals surface area contributed by atoms with Gasteiger partial charge in [0.05, 0.1) is 42.4 Å². The minimum absolute atomic E-state index is 0. The Morgan fingerprint density at radius 3 is 1.13 bits per heavy atom. The number of benzene rings is 4. The van der Waals surface area contributed by atoms with Crippen molar-refractivity contribution in [1.29, 1.82) is 1.34 Å². The maximum Gasteiger partial charge on any atom is 0.146 e. The first-order valence-corrected chi connectivity index (χ1v) is 49.1. The topological polar surface area (TPSA) is 188 Å². The number of halogens is 8. The summed E-state index contributed by atoms with van der Waals surface area (Å²) in [5.41, 5.74) is 9.76. The molecule has 4 aromatic carbocycles. The normalized spacial score (nSPS) is 16.0. The van der Waals surface area contributed by atoms with E-state index in [1.54, 1.807) is 72.8 Å². The molecule has 2 atom stereocenters. The molecule has 467 valence electrons. The molecule has 0 aromatic heterocycles. The fourth-order valence-corrected chi connectivity index (χ4v) is 16.3. The zero-order chi connectivity index (χ0) is 62.3. The molecule has 0 bridgehead atoms. The van der Waals surface area contributed by atoms with Gasteiger partial charge >= 0.3 is 50.5 Å². The van der Waals surface area contributed by atoms with Crippen molar-refractivity contribution in [3.05, 3.63) is 165 Å². The largest absolute Gasteiger partial charge is 0.412 e. The van der Waals surface area contributed by atoms with Gasteiger partial charge in [0.2, 0.25) is 0 Å². The Hall–Kier alpha value is 0.667. The van der Waals surface area contributed by atoms with Crippen LogP contribution in [0.25, 0.3) is 0 Å². The third-order valence-corrected chi connectivity index (χ3v) is 21.1. The van der Waals surface area contributed by atoms with Gasteiger partial charge in [0.15, 0.2) is 35.5 Å². The van der Waals surface area contributed by atoms with Crippen LogP contribution in [0, 0.1) is 38.5 Å². The van der Waals surface area contributed by atoms with Crippen LogP contribution in [0.3, 0.4) is 0 Å². The summed E-state index contributed by atoms with van der Waals surface area (Å²) in [7, 11) is -5.40. The molecule has 6 rings (SSSR count). The number of aliphatic hydroxyl groups excluding tert-OH is 1. The summed E-state index contributed by atoms with van der Waals surface area (Å²) >= 11 is 19.9. The molecule has 10 nitrogen and oxygen atoms in total. The van der Waals surface area contributed by atoms with Gasteiger partial charge in [-0.3, -0.25) is 0 Å². The van der Waals surface area contributed by atoms with Gasteiger partial charge in [0.25, 0.3) is 9.05 Å². The first kappa shape index (κ1) is 85.7. The van der Waals surface area contributed by atoms with Crippen molar-refractivity contribution in [2.45, 2.75) is 165 Å². The molecule has 0 amide bonds. The summed E-state index contributed by atoms with van der Waals surface area (Å²) < 4.78 is 108. The van der Waals surface area contributed by atoms with Crippen molar-refractivity contribution in [2.75, 3.05) is 12.4 Å². The molecule has 0 fully saturated rings. The summed E-state index contributed by atoms with van der Waals surface area (Å²) in [5, 5.41) is 7.92. The minimum atomic E-state index is -3.68. The molecular weight excluding hydrogens is 1700 g/mol. The van der Waals surface area contributed by atoms with Crippen LogP contribution in [0.4, 0.5) is 0 Å². The zero-order valence-corrected chi connectivity index (χ0v) is 67.5. The van der Waals surface area contributed by atoms with Crippen molar-refractivity contribution >= 4 is 176 Å². The van der Waals surface area contributed by atoms with Crippen molar-refractivity contribution in [3.8, 4) is 0 Å². The van der Waals surface area contributed by atoms with Crippen molar-refractivity contribution < 1.29 is 57.5 Å². The summed E-state index contributed by atoms with van der Waals surface area (Å²) in [6.07, 6.45) is 10.0. The third kappa shape index (κ3) is 29.2. The average Bonchev–Trinajstić information content (AvgIpc) is 1.63. The monoisotopic (exact) mass is 1790 g/mol. The molecule has 4 aromatic rings. The predicted molar refractivity (Wildman–Crippen MR) is 383 cm³/mol. The second-order valence-electron chi connectivity index (χ2n) is 21.3. The number of hydrogen-bond donors (Lipinski definition) is 1. The quantitative estimate of drug-likeness (QED) is 0.0397. The van der Waals surface area contributed by atoms with E-state index in [9.17, 15) is 38.8 Å². The van der Waals surface area contributed by atoms with Gasteiger partial charge in [-0.25, -0.2) is 33.7 Å². The Balaban J connectivity index is -0.00000117. The van der Waals surface area contributed by atoms with E-state index in [-0.39, 0.29) is 86.2 Å². The molecule has 2 aliphatic rings. The molecule has 3 radical (unpaired) electrons. The van der Waals surface area contributed by atoms with E-state index >= 15 is 0 Å². The summed E-state index contributed by atoms with van der Waals surface area (Å²) in [5.74, 6) is -1.36. The molecule has 0 saturated carbocycles. The van der Waals surface area contributed by atoms with E-state index in [1.807, 2.05) is 65.8 Å². The van der Waals surface area contributed by atoms with Crippen LogP contribution in [0.2, 0.25) is 0 Å². The van der Waals surface area contributed by atoms with Gasteiger partial charge in [-0.15, -0.1) is 24.0 Å². The van der Waals surface area contributed by atoms with Crippen LogP contribution in [-0.2, 0) is 38.6 Å². The van der Waals surface area contributed by atoms with Crippen molar-refractivity contribution in [3.63, 3.8) is 0 Å². The predicted octanol–water partition coefficient (Wildman–Crippen LogP) is 13.6. The van der Waals surface area contributed by atoms with Gasteiger partial charge in [-0.1, -0.05) is 167 Å². The van der Waals surface area contributed by atoms with Crippen molar-refractivity contribution in [1.82, 2.24) is 0 Å². The molecule has 0 aliphatic heterocycles. The van der Waals surface area contributed by atoms with E-state index < -0.39 is 55.0 Å². The Bertz CT molecular complexity index is 3230. The molecule has 0 heterocycles. The molecule has 2 unspecified atom stereocenters. The molecule has 3 N–H and O–H groups in total. The van der Waals surface area contributed by atoms with Gasteiger partial charge in [0.1, 0.15) is 17.4 Å². The third-order valence-electron chi connectivity index (χ3n) is 14.0. The van der Waals surface area contributed by atoms with Crippen LogP contribution < -0.4 is 13.3 Å². The summed E-state index contributed by atoms with van der Waals surface area (Å²) in [6, 6.07) is 27.4. The smallest absolute Gasteiger partial charge is 0.146 e. The van der Waals surface area contributed by atoms with Crippen LogP contribution in [0.5, 0.6) is 0 Å². The molecule has 0 saturated heterocycles. The van der Waals surface area contributed by atoms with Crippen LogP contribution >= 0.6 is 112 Å². The van der Waals surface area contributed by atoms with E-state index in [1.165, 1.54) is 17.7 Å². The molecule has 25 heteroatoms. The average molecular weight is 1790 g/mol. The first-order chi connectivity index (χ1) is 37.5. The fourth-order valence-electron chi connectivity index (χ4n) is 9.93. The second-order valence-corrected chi connectivity index (χ2v) is 51.4. The molecule has 83 heavy (non-hydrogen) atoms. The number of hydrogen-bond acceptors (Lipinski definition) is 9. The van der Waals surface area contributed by atoms with Crippen LogP contribution in [0.1, 0.15) is 129 Å². The Morgan fingerprint density at radius 1 is 0.602 bits per heavy atom. The maximum atomic E-state index is 14.0. The number of allylic oxidation sites excluding steroid dienone is 4. The molecule has 2 aliphatic carbocycles. The van der Waals surface area contributed by atoms with Crippen LogP contribution in [0.15, 0.2) is 162 Å². The van der Waals surface area contributed by atoms with Gasteiger partial charge < -0.3 is 10.6 Å². The van der Waals surface area contributed by atoms with E-state index in [4.69, 9.17) is 45.7 Å². The number of aliphatic hydroxyl groups is 1. The van der Waals surface area contributed by atoms with E-state index in [2.05, 4.69) is 87.2 Å². The van der Waals surface area contributed by atoms with E-state index in [0.717, 1.165) is 88.6 Å². The number of aryl methyl sites for hydroxylation is 4.